The van der Waals surface area contributed by atoms with Crippen LogP contribution in [0.25, 0.3) is 0 Å². The molecule has 2 fully saturated rings. The monoisotopic (exact) mass is 400 g/mol. The van der Waals surface area contributed by atoms with Crippen molar-refractivity contribution in [2.24, 2.45) is 23.5 Å². The maximum atomic E-state index is 12.8. The van der Waals surface area contributed by atoms with Gasteiger partial charge in [-0.05, 0) is 61.6 Å². The van der Waals surface area contributed by atoms with Gasteiger partial charge in [0.1, 0.15) is 0 Å². The van der Waals surface area contributed by atoms with Crippen molar-refractivity contribution in [2.75, 3.05) is 11.6 Å². The fraction of sp³-hybridized carbons (Fsp3) is 0.632. The number of carbonyl (C=O) groups is 1. The quantitative estimate of drug-likeness (QED) is 0.812. The number of benzene rings is 1. The maximum Gasteiger partial charge on any atom is 0.227 e. The van der Waals surface area contributed by atoms with Gasteiger partial charge in [0.15, 0.2) is 9.84 Å². The Bertz CT molecular complexity index is 752. The molecule has 2 saturated carbocycles. The third-order valence-corrected chi connectivity index (χ3v) is 6.74. The molecule has 0 spiro atoms. The lowest BCUT2D eigenvalue weighted by Gasteiger charge is -2.43. The number of sulfone groups is 1. The van der Waals surface area contributed by atoms with E-state index in [-0.39, 0.29) is 36.0 Å². The molecule has 3 rings (SSSR count). The molecule has 0 radical (unpaired) electrons. The summed E-state index contributed by atoms with van der Waals surface area (Å²) in [5.74, 6) is 0.962. The Kier molecular flexibility index (Phi) is 6.75. The van der Waals surface area contributed by atoms with Crippen LogP contribution in [0.2, 0.25) is 0 Å². The molecule has 3 N–H and O–H groups in total. The first-order chi connectivity index (χ1) is 11.7. The van der Waals surface area contributed by atoms with Crippen molar-refractivity contribution >= 4 is 33.8 Å². The average molecular weight is 401 g/mol. The highest BCUT2D eigenvalue weighted by molar-refractivity contribution is 7.89. The average Bonchev–Trinajstić information content (AvgIpc) is 2.49. The first-order valence-electron chi connectivity index (χ1n) is 9.07. The van der Waals surface area contributed by atoms with Crippen LogP contribution in [0.1, 0.15) is 43.2 Å². The number of carbonyl (C=O) groups excluding carboxylic acids is 1. The SMILES string of the molecule is Cc1c(CS(C)(=O)=O)cccc1NC(=O)C1CC2CCCC(C1)C2N.Cl. The minimum atomic E-state index is -3.11. The third kappa shape index (κ3) is 4.78. The molecule has 26 heavy (non-hydrogen) atoms. The second kappa shape index (κ2) is 8.28. The molecule has 0 heterocycles. The number of nitrogens with one attached hydrogen (secondary N) is 1. The number of nitrogens with two attached hydrogens (primary N) is 1. The lowest BCUT2D eigenvalue weighted by atomic mass is 9.65. The van der Waals surface area contributed by atoms with Gasteiger partial charge in [-0.25, -0.2) is 8.42 Å². The standard InChI is InChI=1S/C19H28N2O3S.ClH/c1-12-15(11-25(2,23)24)7-4-8-17(12)21-19(22)16-9-13-5-3-6-14(10-16)18(13)20;/h4,7-8,13-14,16,18H,3,5-6,9-11,20H2,1-2H3,(H,21,22);1H. The van der Waals surface area contributed by atoms with E-state index in [4.69, 9.17) is 5.73 Å². The summed E-state index contributed by atoms with van der Waals surface area (Å²) in [6, 6.07) is 5.69. The zero-order valence-corrected chi connectivity index (χ0v) is 17.0. The van der Waals surface area contributed by atoms with Crippen molar-refractivity contribution in [3.8, 4) is 0 Å². The van der Waals surface area contributed by atoms with Crippen molar-refractivity contribution in [1.29, 1.82) is 0 Å². The van der Waals surface area contributed by atoms with Gasteiger partial charge < -0.3 is 11.1 Å². The number of amides is 1. The van der Waals surface area contributed by atoms with E-state index in [1.54, 1.807) is 12.1 Å². The number of halogens is 1. The van der Waals surface area contributed by atoms with E-state index in [9.17, 15) is 13.2 Å². The second-order valence-electron chi connectivity index (χ2n) is 7.85. The minimum absolute atomic E-state index is 0. The number of hydrogen-bond donors (Lipinski definition) is 2. The van der Waals surface area contributed by atoms with Crippen LogP contribution in [-0.4, -0.2) is 26.6 Å². The number of anilines is 1. The van der Waals surface area contributed by atoms with Crippen molar-refractivity contribution in [3.63, 3.8) is 0 Å². The van der Waals surface area contributed by atoms with Gasteiger partial charge in [-0.15, -0.1) is 12.4 Å². The Labute approximate surface area is 162 Å². The van der Waals surface area contributed by atoms with Gasteiger partial charge in [0.25, 0.3) is 0 Å². The van der Waals surface area contributed by atoms with E-state index in [1.807, 2.05) is 13.0 Å². The Morgan fingerprint density at radius 1 is 1.23 bits per heavy atom. The molecule has 1 aromatic carbocycles. The first kappa shape index (κ1) is 21.2. The van der Waals surface area contributed by atoms with Crippen LogP contribution >= 0.6 is 12.4 Å². The Morgan fingerprint density at radius 2 is 1.85 bits per heavy atom. The van der Waals surface area contributed by atoms with Crippen LogP contribution in [0.15, 0.2) is 18.2 Å². The van der Waals surface area contributed by atoms with Gasteiger partial charge in [0.05, 0.1) is 5.75 Å². The van der Waals surface area contributed by atoms with Crippen LogP contribution < -0.4 is 11.1 Å². The summed E-state index contributed by atoms with van der Waals surface area (Å²) in [5, 5.41) is 3.04. The van der Waals surface area contributed by atoms with Crippen LogP contribution in [0.5, 0.6) is 0 Å². The van der Waals surface area contributed by atoms with E-state index in [0.29, 0.717) is 17.5 Å². The highest BCUT2D eigenvalue weighted by atomic mass is 35.5. The summed E-state index contributed by atoms with van der Waals surface area (Å²) >= 11 is 0. The van der Waals surface area contributed by atoms with Crippen LogP contribution in [0, 0.1) is 24.7 Å². The third-order valence-electron chi connectivity index (χ3n) is 5.91. The van der Waals surface area contributed by atoms with Crippen molar-refractivity contribution < 1.29 is 13.2 Å². The molecule has 2 atom stereocenters. The normalized spacial score (nSPS) is 28.1. The molecule has 1 amide bonds. The van der Waals surface area contributed by atoms with E-state index in [0.717, 1.165) is 36.8 Å². The molecule has 2 bridgehead atoms. The molecular weight excluding hydrogens is 372 g/mol. The summed E-state index contributed by atoms with van der Waals surface area (Å²) in [4.78, 5) is 12.8. The molecule has 0 saturated heterocycles. The van der Waals surface area contributed by atoms with E-state index < -0.39 is 9.84 Å². The van der Waals surface area contributed by atoms with Gasteiger partial charge in [0, 0.05) is 23.9 Å². The zero-order valence-electron chi connectivity index (χ0n) is 15.4. The van der Waals surface area contributed by atoms with E-state index in [2.05, 4.69) is 5.32 Å². The molecule has 2 aliphatic carbocycles. The smallest absolute Gasteiger partial charge is 0.227 e. The summed E-state index contributed by atoms with van der Waals surface area (Å²) < 4.78 is 23.2. The Morgan fingerprint density at radius 3 is 2.42 bits per heavy atom. The molecule has 146 valence electrons. The topological polar surface area (TPSA) is 89.3 Å². The zero-order chi connectivity index (χ0) is 18.2. The predicted molar refractivity (Wildman–Crippen MR) is 107 cm³/mol. The second-order valence-corrected chi connectivity index (χ2v) is 9.99. The van der Waals surface area contributed by atoms with Crippen LogP contribution in [0.4, 0.5) is 5.69 Å². The summed E-state index contributed by atoms with van der Waals surface area (Å²) in [5.41, 5.74) is 8.59. The largest absolute Gasteiger partial charge is 0.327 e. The number of rotatable bonds is 4. The Hall–Kier alpha value is -1.11. The van der Waals surface area contributed by atoms with E-state index >= 15 is 0 Å². The first-order valence-corrected chi connectivity index (χ1v) is 11.1. The minimum Gasteiger partial charge on any atom is -0.327 e. The summed E-state index contributed by atoms with van der Waals surface area (Å²) in [6.45, 7) is 1.86. The van der Waals surface area contributed by atoms with Crippen molar-refractivity contribution in [2.45, 2.75) is 50.8 Å². The number of hydrogen-bond acceptors (Lipinski definition) is 4. The lowest BCUT2D eigenvalue weighted by Crippen LogP contribution is -2.48. The van der Waals surface area contributed by atoms with Gasteiger partial charge in [-0.1, -0.05) is 18.6 Å². The van der Waals surface area contributed by atoms with Crippen LogP contribution in [-0.2, 0) is 20.4 Å². The highest BCUT2D eigenvalue weighted by Gasteiger charge is 2.40. The van der Waals surface area contributed by atoms with Gasteiger partial charge in [0.2, 0.25) is 5.91 Å². The molecular formula is C19H29ClN2O3S. The molecule has 7 heteroatoms. The van der Waals surface area contributed by atoms with Crippen LogP contribution in [0.3, 0.4) is 0 Å². The molecule has 0 aliphatic heterocycles. The van der Waals surface area contributed by atoms with Gasteiger partial charge >= 0.3 is 0 Å². The number of fused-ring (bicyclic) bond motifs is 2. The lowest BCUT2D eigenvalue weighted by molar-refractivity contribution is -0.122. The maximum absolute atomic E-state index is 12.8. The fourth-order valence-corrected chi connectivity index (χ4v) is 5.37. The predicted octanol–water partition coefficient (Wildman–Crippen LogP) is 3.05. The molecule has 2 aliphatic rings. The summed E-state index contributed by atoms with van der Waals surface area (Å²) in [7, 11) is -3.11. The van der Waals surface area contributed by atoms with Gasteiger partial charge in [-0.3, -0.25) is 4.79 Å². The fourth-order valence-electron chi connectivity index (χ4n) is 4.50. The van der Waals surface area contributed by atoms with Crippen molar-refractivity contribution in [3.05, 3.63) is 29.3 Å². The molecule has 0 aromatic heterocycles. The molecule has 2 unspecified atom stereocenters. The highest BCUT2D eigenvalue weighted by Crippen LogP contribution is 2.42. The molecule has 5 nitrogen and oxygen atoms in total. The summed E-state index contributed by atoms with van der Waals surface area (Å²) in [6.07, 6.45) is 6.44. The van der Waals surface area contributed by atoms with E-state index in [1.165, 1.54) is 12.7 Å². The Balaban J connectivity index is 0.00000243. The van der Waals surface area contributed by atoms with Crippen molar-refractivity contribution in [1.82, 2.24) is 0 Å². The van der Waals surface area contributed by atoms with Gasteiger partial charge in [-0.2, -0.15) is 0 Å². The molecule has 1 aromatic rings.